The smallest absolute Gasteiger partial charge is 0.337 e. The second-order valence-electron chi connectivity index (χ2n) is 5.64. The van der Waals surface area contributed by atoms with Crippen molar-refractivity contribution in [3.8, 4) is 16.9 Å². The maximum absolute atomic E-state index is 11.4. The highest BCUT2D eigenvalue weighted by atomic mass is 16.5. The zero-order valence-corrected chi connectivity index (χ0v) is 14.1. The molecular weight excluding hydrogens is 312 g/mol. The van der Waals surface area contributed by atoms with E-state index in [9.17, 15) is 4.79 Å². The minimum atomic E-state index is -0.344. The largest absolute Gasteiger partial charge is 0.493 e. The van der Waals surface area contributed by atoms with E-state index in [1.165, 1.54) is 23.8 Å². The van der Waals surface area contributed by atoms with Crippen LogP contribution >= 0.6 is 0 Å². The number of carbonyl (C=O) groups excluding carboxylic acids is 1. The number of hydrogen-bond donors (Lipinski definition) is 0. The Bertz CT molecular complexity index is 823. The van der Waals surface area contributed by atoms with Gasteiger partial charge < -0.3 is 9.47 Å². The lowest BCUT2D eigenvalue weighted by Gasteiger charge is -2.11. The molecular formula is C22H20O3. The van der Waals surface area contributed by atoms with Gasteiger partial charge >= 0.3 is 5.97 Å². The monoisotopic (exact) mass is 332 g/mol. The van der Waals surface area contributed by atoms with E-state index >= 15 is 0 Å². The lowest BCUT2D eigenvalue weighted by atomic mass is 9.98. The standard InChI is InChI=1S/C22H20O3/c1-24-22(23)19-11-13-20(14-12-19)25-16-15-18-9-5-6-10-21(18)17-7-3-2-4-8-17/h2-14H,15-16H2,1H3. The zero-order valence-electron chi connectivity index (χ0n) is 14.1. The minimum absolute atomic E-state index is 0.344. The fourth-order valence-electron chi connectivity index (χ4n) is 2.72. The van der Waals surface area contributed by atoms with Crippen LogP contribution < -0.4 is 4.74 Å². The third kappa shape index (κ3) is 4.27. The van der Waals surface area contributed by atoms with Crippen LogP contribution in [0.3, 0.4) is 0 Å². The number of rotatable bonds is 6. The van der Waals surface area contributed by atoms with Gasteiger partial charge in [0.1, 0.15) is 5.75 Å². The molecule has 3 heteroatoms. The fourth-order valence-corrected chi connectivity index (χ4v) is 2.72. The summed E-state index contributed by atoms with van der Waals surface area (Å²) in [6.07, 6.45) is 0.809. The van der Waals surface area contributed by atoms with Crippen LogP contribution in [0, 0.1) is 0 Å². The van der Waals surface area contributed by atoms with Gasteiger partial charge in [0.2, 0.25) is 0 Å². The first-order valence-corrected chi connectivity index (χ1v) is 8.22. The van der Waals surface area contributed by atoms with E-state index in [-0.39, 0.29) is 5.97 Å². The van der Waals surface area contributed by atoms with Crippen LogP contribution in [0.15, 0.2) is 78.9 Å². The summed E-state index contributed by atoms with van der Waals surface area (Å²) < 4.78 is 10.5. The Morgan fingerprint density at radius 3 is 2.24 bits per heavy atom. The molecule has 0 aromatic heterocycles. The summed E-state index contributed by atoms with van der Waals surface area (Å²) in [6, 6.07) is 25.7. The average molecular weight is 332 g/mol. The highest BCUT2D eigenvalue weighted by molar-refractivity contribution is 5.89. The van der Waals surface area contributed by atoms with E-state index in [4.69, 9.17) is 9.47 Å². The summed E-state index contributed by atoms with van der Waals surface area (Å²) in [5.74, 6) is 0.396. The Kier molecular flexibility index (Phi) is 5.47. The van der Waals surface area contributed by atoms with Gasteiger partial charge in [0.25, 0.3) is 0 Å². The van der Waals surface area contributed by atoms with Crippen molar-refractivity contribution >= 4 is 5.97 Å². The van der Waals surface area contributed by atoms with Gasteiger partial charge in [-0.25, -0.2) is 4.79 Å². The Hall–Kier alpha value is -3.07. The molecule has 0 N–H and O–H groups in total. The lowest BCUT2D eigenvalue weighted by Crippen LogP contribution is -2.04. The van der Waals surface area contributed by atoms with Gasteiger partial charge in [0.05, 0.1) is 19.3 Å². The van der Waals surface area contributed by atoms with Gasteiger partial charge in [-0.15, -0.1) is 0 Å². The van der Waals surface area contributed by atoms with Crippen LogP contribution in [0.1, 0.15) is 15.9 Å². The van der Waals surface area contributed by atoms with E-state index in [1.807, 2.05) is 24.3 Å². The molecule has 0 aliphatic carbocycles. The van der Waals surface area contributed by atoms with Gasteiger partial charge in [-0.1, -0.05) is 54.6 Å². The Balaban J connectivity index is 1.64. The van der Waals surface area contributed by atoms with Crippen molar-refractivity contribution in [2.45, 2.75) is 6.42 Å². The number of ether oxygens (including phenoxy) is 2. The number of methoxy groups -OCH3 is 1. The Morgan fingerprint density at radius 2 is 1.52 bits per heavy atom. The summed E-state index contributed by atoms with van der Waals surface area (Å²) in [5, 5.41) is 0. The molecule has 3 nitrogen and oxygen atoms in total. The summed E-state index contributed by atoms with van der Waals surface area (Å²) >= 11 is 0. The zero-order chi connectivity index (χ0) is 17.5. The van der Waals surface area contributed by atoms with Crippen LogP contribution in [0.2, 0.25) is 0 Å². The van der Waals surface area contributed by atoms with Crippen molar-refractivity contribution in [2.75, 3.05) is 13.7 Å². The molecule has 0 fully saturated rings. The van der Waals surface area contributed by atoms with E-state index in [2.05, 4.69) is 30.3 Å². The summed E-state index contributed by atoms with van der Waals surface area (Å²) in [6.45, 7) is 0.571. The first kappa shape index (κ1) is 16.8. The van der Waals surface area contributed by atoms with Crippen LogP contribution in [0.25, 0.3) is 11.1 Å². The molecule has 3 aromatic rings. The highest BCUT2D eigenvalue weighted by Crippen LogP contribution is 2.24. The average Bonchev–Trinajstić information content (AvgIpc) is 2.69. The molecule has 0 spiro atoms. The number of benzene rings is 3. The molecule has 0 heterocycles. The number of hydrogen-bond acceptors (Lipinski definition) is 3. The predicted octanol–water partition coefficient (Wildman–Crippen LogP) is 4.76. The first-order chi connectivity index (χ1) is 12.3. The number of esters is 1. The molecule has 0 saturated heterocycles. The van der Waals surface area contributed by atoms with E-state index < -0.39 is 0 Å². The van der Waals surface area contributed by atoms with Gasteiger partial charge in [-0.05, 0) is 41.0 Å². The molecule has 0 aliphatic heterocycles. The van der Waals surface area contributed by atoms with Crippen LogP contribution in [0.4, 0.5) is 0 Å². The highest BCUT2D eigenvalue weighted by Gasteiger charge is 2.06. The maximum atomic E-state index is 11.4. The molecule has 0 saturated carbocycles. The van der Waals surface area contributed by atoms with Crippen LogP contribution in [-0.4, -0.2) is 19.7 Å². The molecule has 0 radical (unpaired) electrons. The maximum Gasteiger partial charge on any atom is 0.337 e. The van der Waals surface area contributed by atoms with Crippen molar-refractivity contribution in [2.24, 2.45) is 0 Å². The van der Waals surface area contributed by atoms with Crippen molar-refractivity contribution < 1.29 is 14.3 Å². The molecule has 126 valence electrons. The lowest BCUT2D eigenvalue weighted by molar-refractivity contribution is 0.0600. The van der Waals surface area contributed by atoms with Gasteiger partial charge in [-0.3, -0.25) is 0 Å². The van der Waals surface area contributed by atoms with E-state index in [0.29, 0.717) is 12.2 Å². The molecule has 0 amide bonds. The first-order valence-electron chi connectivity index (χ1n) is 8.22. The van der Waals surface area contributed by atoms with Crippen molar-refractivity contribution in [3.63, 3.8) is 0 Å². The topological polar surface area (TPSA) is 35.5 Å². The molecule has 0 bridgehead atoms. The fraction of sp³-hybridized carbons (Fsp3) is 0.136. The Morgan fingerprint density at radius 1 is 0.840 bits per heavy atom. The molecule has 3 rings (SSSR count). The van der Waals surface area contributed by atoms with Gasteiger partial charge in [0.15, 0.2) is 0 Å². The van der Waals surface area contributed by atoms with E-state index in [1.54, 1.807) is 24.3 Å². The SMILES string of the molecule is COC(=O)c1ccc(OCCc2ccccc2-c2ccccc2)cc1. The number of carbonyl (C=O) groups is 1. The van der Waals surface area contributed by atoms with Gasteiger partial charge in [-0.2, -0.15) is 0 Å². The molecule has 0 unspecified atom stereocenters. The van der Waals surface area contributed by atoms with Crippen LogP contribution in [0.5, 0.6) is 5.75 Å². The van der Waals surface area contributed by atoms with Crippen LogP contribution in [-0.2, 0) is 11.2 Å². The minimum Gasteiger partial charge on any atom is -0.493 e. The Labute approximate surface area is 147 Å². The predicted molar refractivity (Wildman–Crippen MR) is 98.9 cm³/mol. The molecule has 0 atom stereocenters. The van der Waals surface area contributed by atoms with Crippen molar-refractivity contribution in [3.05, 3.63) is 90.0 Å². The summed E-state index contributed by atoms with van der Waals surface area (Å²) in [5.41, 5.74) is 4.21. The van der Waals surface area contributed by atoms with Gasteiger partial charge in [0, 0.05) is 6.42 Å². The normalized spacial score (nSPS) is 10.3. The third-order valence-corrected chi connectivity index (χ3v) is 4.02. The molecule has 3 aromatic carbocycles. The second-order valence-corrected chi connectivity index (χ2v) is 5.64. The second kappa shape index (κ2) is 8.15. The van der Waals surface area contributed by atoms with E-state index in [0.717, 1.165) is 12.2 Å². The summed E-state index contributed by atoms with van der Waals surface area (Å²) in [7, 11) is 1.37. The summed E-state index contributed by atoms with van der Waals surface area (Å²) in [4.78, 5) is 11.4. The quantitative estimate of drug-likeness (QED) is 0.610. The molecule has 0 aliphatic rings. The van der Waals surface area contributed by atoms with Crippen molar-refractivity contribution in [1.82, 2.24) is 0 Å². The van der Waals surface area contributed by atoms with Crippen molar-refractivity contribution in [1.29, 1.82) is 0 Å². The third-order valence-electron chi connectivity index (χ3n) is 4.02. The molecule has 25 heavy (non-hydrogen) atoms.